The lowest BCUT2D eigenvalue weighted by Gasteiger charge is -2.37. The van der Waals surface area contributed by atoms with Crippen LogP contribution >= 0.6 is 0 Å². The van der Waals surface area contributed by atoms with Crippen molar-refractivity contribution in [2.45, 2.75) is 65.8 Å². The number of allylic oxidation sites excluding steroid dienone is 3. The van der Waals surface area contributed by atoms with Gasteiger partial charge in [0.25, 0.3) is 0 Å². The Morgan fingerprint density at radius 3 is 2.40 bits per heavy atom. The molecule has 0 saturated carbocycles. The summed E-state index contributed by atoms with van der Waals surface area (Å²) in [6, 6.07) is 10.9. The van der Waals surface area contributed by atoms with Crippen LogP contribution in [0.25, 0.3) is 23.0 Å². The molecule has 1 atom stereocenters. The summed E-state index contributed by atoms with van der Waals surface area (Å²) in [7, 11) is 0. The number of hydrogen-bond donors (Lipinski definition) is 4. The summed E-state index contributed by atoms with van der Waals surface area (Å²) >= 11 is 0. The van der Waals surface area contributed by atoms with Crippen molar-refractivity contribution in [1.29, 1.82) is 0 Å². The van der Waals surface area contributed by atoms with E-state index in [1.807, 2.05) is 25.3 Å². The second-order valence-electron chi connectivity index (χ2n) is 14.5. The number of benzene rings is 2. The summed E-state index contributed by atoms with van der Waals surface area (Å²) in [5.41, 5.74) is 18.6. The molecular formula is C47H64FN7. The molecule has 1 unspecified atom stereocenters. The highest BCUT2D eigenvalue weighted by Gasteiger charge is 2.20. The van der Waals surface area contributed by atoms with E-state index < -0.39 is 0 Å². The summed E-state index contributed by atoms with van der Waals surface area (Å²) in [6.45, 7) is 40.6. The molecule has 1 saturated heterocycles. The van der Waals surface area contributed by atoms with E-state index in [0.29, 0.717) is 11.3 Å². The monoisotopic (exact) mass is 746 g/mol. The van der Waals surface area contributed by atoms with E-state index in [1.165, 1.54) is 23.4 Å². The second kappa shape index (κ2) is 20.5. The molecule has 7 nitrogen and oxygen atoms in total. The third-order valence-electron chi connectivity index (χ3n) is 10.8. The highest BCUT2D eigenvalue weighted by atomic mass is 19.1. The molecule has 1 aliphatic rings. The number of halogens is 1. The number of hydrogen-bond acceptors (Lipinski definition) is 6. The van der Waals surface area contributed by atoms with Gasteiger partial charge in [-0.3, -0.25) is 4.90 Å². The van der Waals surface area contributed by atoms with Crippen LogP contribution in [-0.4, -0.2) is 71.5 Å². The third kappa shape index (κ3) is 10.9. The summed E-state index contributed by atoms with van der Waals surface area (Å²) in [4.78, 5) is 10.6. The smallest absolute Gasteiger partial charge is 0.123 e. The first kappa shape index (κ1) is 42.5. The standard InChI is InChI=1S/C47H64FN7/c1-11-18-41(13-3)55(14-4)38(10)42-20-15-21-45(34(42)6)51-24-16-19-33(5)54-29-27-53(28-30-54)26-17-25-50-36(8)47-35(7)46(52-37(47)9)31-39(12-2)43-32-40(48)22-23-44(43)49/h12-15,20-23,31-32,41,50-52H,2-5,8,10-11,16-19,24-30,49H2,1,6-7,9H3/b39-31+. The number of piperazine rings is 1. The van der Waals surface area contributed by atoms with Crippen LogP contribution < -0.4 is 16.4 Å². The number of rotatable bonds is 22. The Hall–Kier alpha value is -5.21. The molecule has 0 bridgehead atoms. The molecule has 1 aromatic heterocycles. The van der Waals surface area contributed by atoms with Gasteiger partial charge in [-0.2, -0.15) is 0 Å². The molecule has 3 aromatic rings. The summed E-state index contributed by atoms with van der Waals surface area (Å²) in [5, 5.41) is 7.21. The second-order valence-corrected chi connectivity index (χ2v) is 14.5. The molecule has 0 amide bonds. The van der Waals surface area contributed by atoms with Crippen molar-refractivity contribution in [1.82, 2.24) is 25.0 Å². The predicted molar refractivity (Wildman–Crippen MR) is 237 cm³/mol. The third-order valence-corrected chi connectivity index (χ3v) is 10.8. The zero-order valence-corrected chi connectivity index (χ0v) is 33.9. The number of nitrogen functional groups attached to an aromatic ring is 1. The lowest BCUT2D eigenvalue weighted by atomic mass is 10.0. The van der Waals surface area contributed by atoms with E-state index in [4.69, 9.17) is 5.73 Å². The van der Waals surface area contributed by atoms with Gasteiger partial charge in [-0.15, -0.1) is 6.58 Å². The molecule has 4 rings (SSSR count). The normalized spacial score (nSPS) is 13.9. The van der Waals surface area contributed by atoms with E-state index in [2.05, 4.69) is 109 Å². The number of anilines is 2. The predicted octanol–water partition coefficient (Wildman–Crippen LogP) is 10.1. The van der Waals surface area contributed by atoms with Crippen molar-refractivity contribution in [3.8, 4) is 0 Å². The number of aromatic amines is 1. The first-order chi connectivity index (χ1) is 26.4. The fourth-order valence-corrected chi connectivity index (χ4v) is 7.53. The van der Waals surface area contributed by atoms with Crippen molar-refractivity contribution in [3.63, 3.8) is 0 Å². The first-order valence-corrected chi connectivity index (χ1v) is 19.7. The number of aryl methyl sites for hydroxylation is 1. The van der Waals surface area contributed by atoms with E-state index >= 15 is 0 Å². The van der Waals surface area contributed by atoms with Gasteiger partial charge in [-0.25, -0.2) is 4.39 Å². The van der Waals surface area contributed by atoms with Gasteiger partial charge in [0.1, 0.15) is 5.82 Å². The van der Waals surface area contributed by atoms with Gasteiger partial charge in [0, 0.05) is 95.8 Å². The average molecular weight is 746 g/mol. The molecule has 2 aromatic carbocycles. The molecule has 1 fully saturated rings. The van der Waals surface area contributed by atoms with Crippen molar-refractivity contribution >= 4 is 34.4 Å². The Bertz CT molecular complexity index is 1870. The molecule has 1 aliphatic heterocycles. The van der Waals surface area contributed by atoms with Crippen LogP contribution in [-0.2, 0) is 0 Å². The van der Waals surface area contributed by atoms with Gasteiger partial charge < -0.3 is 31.2 Å². The molecule has 0 aliphatic carbocycles. The van der Waals surface area contributed by atoms with Gasteiger partial charge in [-0.05, 0) is 106 Å². The van der Waals surface area contributed by atoms with Crippen LogP contribution in [0.1, 0.15) is 78.2 Å². The minimum Gasteiger partial charge on any atom is -0.398 e. The van der Waals surface area contributed by atoms with Crippen molar-refractivity contribution < 1.29 is 4.39 Å². The number of nitrogens with one attached hydrogen (secondary N) is 3. The van der Waals surface area contributed by atoms with Crippen LogP contribution in [0.5, 0.6) is 0 Å². The Kier molecular flexibility index (Phi) is 15.8. The van der Waals surface area contributed by atoms with Crippen LogP contribution in [0.3, 0.4) is 0 Å². The molecular weight excluding hydrogens is 682 g/mol. The summed E-state index contributed by atoms with van der Waals surface area (Å²) in [5.74, 6) is -0.334. The molecule has 0 radical (unpaired) electrons. The SMILES string of the molecule is C=C/C(=C\c1[nH]c(C)c(C(=C)NCCCN2CCN(C(=C)CCCNc3cccc(C(=C)N(C=C)C(C=C)CCC)c3C)CC2)c1C)c1cc(F)ccc1N. The van der Waals surface area contributed by atoms with Gasteiger partial charge in [0.2, 0.25) is 0 Å². The fourth-order valence-electron chi connectivity index (χ4n) is 7.53. The van der Waals surface area contributed by atoms with Crippen molar-refractivity contribution in [2.24, 2.45) is 0 Å². The number of nitrogens with zero attached hydrogens (tertiary/aromatic N) is 3. The first-order valence-electron chi connectivity index (χ1n) is 19.7. The van der Waals surface area contributed by atoms with Crippen LogP contribution in [0, 0.1) is 26.6 Å². The lowest BCUT2D eigenvalue weighted by Crippen LogP contribution is -2.46. The highest BCUT2D eigenvalue weighted by Crippen LogP contribution is 2.31. The van der Waals surface area contributed by atoms with E-state index in [0.717, 1.165) is 129 Å². The number of aromatic nitrogens is 1. The van der Waals surface area contributed by atoms with Crippen LogP contribution in [0.2, 0.25) is 0 Å². The lowest BCUT2D eigenvalue weighted by molar-refractivity contribution is 0.155. The fraction of sp³-hybridized carbons (Fsp3) is 0.362. The largest absolute Gasteiger partial charge is 0.398 e. The Labute approximate surface area is 330 Å². The number of H-pyrrole nitrogens is 1. The summed E-state index contributed by atoms with van der Waals surface area (Å²) < 4.78 is 14.0. The molecule has 294 valence electrons. The average Bonchev–Trinajstić information content (AvgIpc) is 3.46. The topological polar surface area (TPSA) is 75.6 Å². The summed E-state index contributed by atoms with van der Waals surface area (Å²) in [6.07, 6.45) is 12.6. The Morgan fingerprint density at radius 2 is 1.73 bits per heavy atom. The van der Waals surface area contributed by atoms with Crippen molar-refractivity contribution in [2.75, 3.05) is 56.9 Å². The quantitative estimate of drug-likeness (QED) is 0.0355. The van der Waals surface area contributed by atoms with Gasteiger partial charge >= 0.3 is 0 Å². The molecule has 8 heteroatoms. The van der Waals surface area contributed by atoms with E-state index in [1.54, 1.807) is 12.1 Å². The Morgan fingerprint density at radius 1 is 0.982 bits per heavy atom. The molecule has 5 N–H and O–H groups in total. The molecule has 2 heterocycles. The number of nitrogens with two attached hydrogens (primary N) is 1. The van der Waals surface area contributed by atoms with E-state index in [9.17, 15) is 4.39 Å². The maximum Gasteiger partial charge on any atom is 0.123 e. The zero-order valence-electron chi connectivity index (χ0n) is 33.9. The van der Waals surface area contributed by atoms with E-state index in [-0.39, 0.29) is 11.9 Å². The van der Waals surface area contributed by atoms with Crippen LogP contribution in [0.4, 0.5) is 15.8 Å². The minimum absolute atomic E-state index is 0.180. The highest BCUT2D eigenvalue weighted by molar-refractivity contribution is 5.92. The van der Waals surface area contributed by atoms with Gasteiger partial charge in [-0.1, -0.05) is 70.5 Å². The maximum atomic E-state index is 14.0. The zero-order chi connectivity index (χ0) is 40.1. The van der Waals surface area contributed by atoms with Crippen molar-refractivity contribution in [3.05, 3.63) is 145 Å². The Balaban J connectivity index is 1.18. The molecule has 55 heavy (non-hydrogen) atoms. The van der Waals surface area contributed by atoms with Crippen LogP contribution in [0.15, 0.2) is 99.9 Å². The maximum absolute atomic E-state index is 14.0. The van der Waals surface area contributed by atoms with Gasteiger partial charge in [0.05, 0.1) is 6.04 Å². The van der Waals surface area contributed by atoms with Gasteiger partial charge in [0.15, 0.2) is 0 Å². The minimum atomic E-state index is -0.334. The molecule has 0 spiro atoms.